The van der Waals surface area contributed by atoms with E-state index in [1.165, 1.54) is 0 Å². The SMILES string of the molecule is CC(=O)c1cn(CC(=O)Nc2cnc3n2CCCC3)c2ccccc12. The van der Waals surface area contributed by atoms with Crippen LogP contribution in [-0.4, -0.2) is 25.8 Å². The Labute approximate surface area is 145 Å². The summed E-state index contributed by atoms with van der Waals surface area (Å²) < 4.78 is 3.91. The van der Waals surface area contributed by atoms with Crippen molar-refractivity contribution in [2.45, 2.75) is 39.3 Å². The van der Waals surface area contributed by atoms with E-state index in [1.54, 1.807) is 19.3 Å². The topological polar surface area (TPSA) is 68.9 Å². The number of nitrogens with one attached hydrogen (secondary N) is 1. The van der Waals surface area contributed by atoms with E-state index in [2.05, 4.69) is 14.9 Å². The van der Waals surface area contributed by atoms with Crippen LogP contribution in [-0.2, 0) is 24.3 Å². The molecule has 128 valence electrons. The van der Waals surface area contributed by atoms with Crippen molar-refractivity contribution in [3.8, 4) is 0 Å². The number of aromatic nitrogens is 3. The molecule has 25 heavy (non-hydrogen) atoms. The number of imidazole rings is 1. The second-order valence-corrected chi connectivity index (χ2v) is 6.46. The number of nitrogens with zero attached hydrogens (tertiary/aromatic N) is 3. The van der Waals surface area contributed by atoms with Gasteiger partial charge in [-0.2, -0.15) is 0 Å². The summed E-state index contributed by atoms with van der Waals surface area (Å²) in [6, 6.07) is 7.65. The molecule has 0 aliphatic carbocycles. The van der Waals surface area contributed by atoms with Crippen molar-refractivity contribution in [3.05, 3.63) is 48.0 Å². The number of para-hydroxylation sites is 1. The molecule has 1 aliphatic rings. The summed E-state index contributed by atoms with van der Waals surface area (Å²) in [7, 11) is 0. The van der Waals surface area contributed by atoms with Crippen molar-refractivity contribution in [2.24, 2.45) is 0 Å². The summed E-state index contributed by atoms with van der Waals surface area (Å²) in [5, 5.41) is 3.84. The zero-order chi connectivity index (χ0) is 17.4. The van der Waals surface area contributed by atoms with E-state index >= 15 is 0 Å². The normalized spacial score (nSPS) is 13.6. The van der Waals surface area contributed by atoms with Crippen molar-refractivity contribution in [3.63, 3.8) is 0 Å². The Balaban J connectivity index is 1.58. The molecule has 1 aromatic carbocycles. The minimum Gasteiger partial charge on any atom is -0.337 e. The summed E-state index contributed by atoms with van der Waals surface area (Å²) in [6.07, 6.45) is 6.70. The highest BCUT2D eigenvalue weighted by atomic mass is 16.2. The molecule has 6 nitrogen and oxygen atoms in total. The van der Waals surface area contributed by atoms with Crippen LogP contribution < -0.4 is 5.32 Å². The number of Topliss-reactive ketones (excluding diaryl/α,β-unsaturated/α-hetero) is 1. The van der Waals surface area contributed by atoms with Crippen LogP contribution in [0.4, 0.5) is 5.82 Å². The highest BCUT2D eigenvalue weighted by Crippen LogP contribution is 2.23. The molecule has 6 heteroatoms. The van der Waals surface area contributed by atoms with Gasteiger partial charge in [0.1, 0.15) is 18.2 Å². The van der Waals surface area contributed by atoms with Crippen LogP contribution in [0.25, 0.3) is 10.9 Å². The molecule has 2 aromatic heterocycles. The standard InChI is InChI=1S/C19H20N4O2/c1-13(24)15-11-22(16-7-3-2-6-14(15)16)12-19(25)21-18-10-20-17-8-4-5-9-23(17)18/h2-3,6-7,10-11H,4-5,8-9,12H2,1H3,(H,21,25). The van der Waals surface area contributed by atoms with E-state index in [0.717, 1.165) is 48.4 Å². The Hall–Kier alpha value is -2.89. The smallest absolute Gasteiger partial charge is 0.245 e. The molecule has 0 bridgehead atoms. The Morgan fingerprint density at radius 1 is 1.24 bits per heavy atom. The van der Waals surface area contributed by atoms with E-state index in [1.807, 2.05) is 28.8 Å². The van der Waals surface area contributed by atoms with Gasteiger partial charge in [0, 0.05) is 35.6 Å². The Kier molecular flexibility index (Phi) is 3.87. The number of hydrogen-bond acceptors (Lipinski definition) is 3. The Bertz CT molecular complexity index is 967. The monoisotopic (exact) mass is 336 g/mol. The van der Waals surface area contributed by atoms with Crippen LogP contribution in [0, 0.1) is 0 Å². The van der Waals surface area contributed by atoms with Gasteiger partial charge in [-0.05, 0) is 25.8 Å². The van der Waals surface area contributed by atoms with Crippen molar-refractivity contribution in [2.75, 3.05) is 5.32 Å². The number of ketones is 1. The van der Waals surface area contributed by atoms with Gasteiger partial charge in [-0.25, -0.2) is 4.98 Å². The third-order valence-corrected chi connectivity index (χ3v) is 4.72. The van der Waals surface area contributed by atoms with Crippen molar-refractivity contribution in [1.82, 2.24) is 14.1 Å². The van der Waals surface area contributed by atoms with Gasteiger partial charge in [-0.3, -0.25) is 9.59 Å². The maximum absolute atomic E-state index is 12.5. The van der Waals surface area contributed by atoms with Gasteiger partial charge in [0.15, 0.2) is 5.78 Å². The van der Waals surface area contributed by atoms with Crippen LogP contribution in [0.15, 0.2) is 36.7 Å². The third-order valence-electron chi connectivity index (χ3n) is 4.72. The first-order valence-electron chi connectivity index (χ1n) is 8.56. The van der Waals surface area contributed by atoms with E-state index in [4.69, 9.17) is 0 Å². The number of carbonyl (C=O) groups is 2. The molecule has 1 amide bonds. The van der Waals surface area contributed by atoms with Crippen LogP contribution in [0.1, 0.15) is 35.9 Å². The highest BCUT2D eigenvalue weighted by Gasteiger charge is 2.17. The van der Waals surface area contributed by atoms with Crippen LogP contribution >= 0.6 is 0 Å². The summed E-state index contributed by atoms with van der Waals surface area (Å²) >= 11 is 0. The fourth-order valence-corrected chi connectivity index (χ4v) is 3.51. The molecule has 1 aliphatic heterocycles. The van der Waals surface area contributed by atoms with Gasteiger partial charge in [0.05, 0.1) is 6.20 Å². The molecule has 1 N–H and O–H groups in total. The average molecular weight is 336 g/mol. The molecule has 3 heterocycles. The largest absolute Gasteiger partial charge is 0.337 e. The molecule has 4 rings (SSSR count). The Morgan fingerprint density at radius 3 is 2.92 bits per heavy atom. The predicted octanol–water partition coefficient (Wildman–Crippen LogP) is 3.02. The molecule has 0 saturated heterocycles. The lowest BCUT2D eigenvalue weighted by Crippen LogP contribution is -2.21. The molecule has 0 fully saturated rings. The van der Waals surface area contributed by atoms with Gasteiger partial charge in [-0.15, -0.1) is 0 Å². The fraction of sp³-hybridized carbons (Fsp3) is 0.316. The summed E-state index contributed by atoms with van der Waals surface area (Å²) in [4.78, 5) is 28.8. The minimum atomic E-state index is -0.121. The average Bonchev–Trinajstić information content (AvgIpc) is 3.18. The van der Waals surface area contributed by atoms with Gasteiger partial charge in [-0.1, -0.05) is 18.2 Å². The molecule has 0 spiro atoms. The first-order valence-corrected chi connectivity index (χ1v) is 8.56. The molecular formula is C19H20N4O2. The number of amides is 1. The number of benzene rings is 1. The number of aryl methyl sites for hydroxylation is 1. The fourth-order valence-electron chi connectivity index (χ4n) is 3.51. The quantitative estimate of drug-likeness (QED) is 0.745. The van der Waals surface area contributed by atoms with Gasteiger partial charge >= 0.3 is 0 Å². The number of anilines is 1. The van der Waals surface area contributed by atoms with E-state index in [9.17, 15) is 9.59 Å². The molecule has 0 unspecified atom stereocenters. The van der Waals surface area contributed by atoms with Crippen molar-refractivity contribution >= 4 is 28.4 Å². The molecular weight excluding hydrogens is 316 g/mol. The highest BCUT2D eigenvalue weighted by molar-refractivity contribution is 6.07. The first kappa shape index (κ1) is 15.6. The van der Waals surface area contributed by atoms with Crippen LogP contribution in [0.5, 0.6) is 0 Å². The maximum atomic E-state index is 12.5. The van der Waals surface area contributed by atoms with E-state index in [-0.39, 0.29) is 18.2 Å². The molecule has 0 atom stereocenters. The van der Waals surface area contributed by atoms with Gasteiger partial charge < -0.3 is 14.5 Å². The third kappa shape index (κ3) is 2.84. The number of rotatable bonds is 4. The zero-order valence-corrected chi connectivity index (χ0v) is 14.2. The zero-order valence-electron chi connectivity index (χ0n) is 14.2. The van der Waals surface area contributed by atoms with Crippen LogP contribution in [0.3, 0.4) is 0 Å². The predicted molar refractivity (Wildman–Crippen MR) is 95.7 cm³/mol. The van der Waals surface area contributed by atoms with Gasteiger partial charge in [0.25, 0.3) is 0 Å². The Morgan fingerprint density at radius 2 is 2.08 bits per heavy atom. The maximum Gasteiger partial charge on any atom is 0.245 e. The number of hydrogen-bond donors (Lipinski definition) is 1. The lowest BCUT2D eigenvalue weighted by Gasteiger charge is -2.16. The van der Waals surface area contributed by atoms with Crippen LogP contribution in [0.2, 0.25) is 0 Å². The van der Waals surface area contributed by atoms with E-state index < -0.39 is 0 Å². The second-order valence-electron chi connectivity index (χ2n) is 6.46. The minimum absolute atomic E-state index is 0.000202. The molecule has 0 radical (unpaired) electrons. The van der Waals surface area contributed by atoms with E-state index in [0.29, 0.717) is 5.56 Å². The number of fused-ring (bicyclic) bond motifs is 2. The lowest BCUT2D eigenvalue weighted by atomic mass is 10.1. The lowest BCUT2D eigenvalue weighted by molar-refractivity contribution is -0.116. The first-order chi connectivity index (χ1) is 12.1. The summed E-state index contributed by atoms with van der Waals surface area (Å²) in [5.74, 6) is 1.67. The van der Waals surface area contributed by atoms with Crippen molar-refractivity contribution < 1.29 is 9.59 Å². The molecule has 3 aromatic rings. The second kappa shape index (κ2) is 6.20. The number of carbonyl (C=O) groups excluding carboxylic acids is 2. The summed E-state index contributed by atoms with van der Waals surface area (Å²) in [6.45, 7) is 2.60. The summed E-state index contributed by atoms with van der Waals surface area (Å²) in [5.41, 5.74) is 1.53. The van der Waals surface area contributed by atoms with Crippen molar-refractivity contribution in [1.29, 1.82) is 0 Å². The molecule has 0 saturated carbocycles. The van der Waals surface area contributed by atoms with Gasteiger partial charge in [0.2, 0.25) is 5.91 Å².